The predicted molar refractivity (Wildman–Crippen MR) is 111 cm³/mol. The number of ether oxygens (including phenoxy) is 1. The second-order valence-corrected chi connectivity index (χ2v) is 8.29. The molecule has 0 saturated carbocycles. The number of nitrogens with one attached hydrogen (secondary N) is 1. The minimum atomic E-state index is -1.38. The van der Waals surface area contributed by atoms with Gasteiger partial charge in [0.05, 0.1) is 6.61 Å². The van der Waals surface area contributed by atoms with Gasteiger partial charge in [-0.2, -0.15) is 0 Å². The van der Waals surface area contributed by atoms with Crippen LogP contribution in [-0.4, -0.2) is 86.7 Å². The van der Waals surface area contributed by atoms with Gasteiger partial charge in [-0.1, -0.05) is 5.16 Å². The van der Waals surface area contributed by atoms with Gasteiger partial charge in [0.25, 0.3) is 11.8 Å². The summed E-state index contributed by atoms with van der Waals surface area (Å²) in [5, 5.41) is 25.5. The van der Waals surface area contributed by atoms with Crippen molar-refractivity contribution in [2.24, 2.45) is 10.9 Å². The summed E-state index contributed by atoms with van der Waals surface area (Å²) in [6.07, 6.45) is -1.08. The molecule has 16 heteroatoms. The van der Waals surface area contributed by atoms with E-state index in [0.29, 0.717) is 0 Å². The first-order valence-corrected chi connectivity index (χ1v) is 10.8. The summed E-state index contributed by atoms with van der Waals surface area (Å²) in [6, 6.07) is -1.04. The number of β-lactam (4-membered cyclic amide) rings is 1. The molecule has 2 aliphatic rings. The summed E-state index contributed by atoms with van der Waals surface area (Å²) >= 11 is 2.24. The molecule has 2 atom stereocenters. The highest BCUT2D eigenvalue weighted by molar-refractivity contribution is 8.00. The van der Waals surface area contributed by atoms with E-state index in [1.807, 2.05) is 0 Å². The molecular formula is C16H18N6O8S2. The van der Waals surface area contributed by atoms with E-state index in [-0.39, 0.29) is 53.4 Å². The standard InChI is InChI=1S/C16H18N6O8S2/c17-15-19-7(5-32-15)8(21-30-2-1-23)11(24)20-9-12(25)22-10(14(26)27)6(3-29-16(18)28)4-31-13(9)22/h5,9,13,23H,1-4H2,(H2,17,19)(H2,18,28)(H,20,24)(H,26,27)/t9?,13-/m1/s1. The maximum absolute atomic E-state index is 12.8. The van der Waals surface area contributed by atoms with E-state index in [4.69, 9.17) is 21.4 Å². The second kappa shape index (κ2) is 9.84. The van der Waals surface area contributed by atoms with Gasteiger partial charge in [0.2, 0.25) is 0 Å². The summed E-state index contributed by atoms with van der Waals surface area (Å²) in [6.45, 7) is -0.881. The van der Waals surface area contributed by atoms with Crippen LogP contribution in [0, 0.1) is 0 Å². The van der Waals surface area contributed by atoms with Gasteiger partial charge in [0.1, 0.15) is 36.0 Å². The number of aliphatic carboxylic acids is 1. The summed E-state index contributed by atoms with van der Waals surface area (Å²) < 4.78 is 4.66. The number of oxime groups is 1. The average molecular weight is 486 g/mol. The highest BCUT2D eigenvalue weighted by Gasteiger charge is 2.54. The molecule has 0 radical (unpaired) electrons. The Bertz CT molecular complexity index is 1010. The first kappa shape index (κ1) is 23.3. The maximum Gasteiger partial charge on any atom is 0.404 e. The molecule has 0 bridgehead atoms. The topological polar surface area (TPSA) is 220 Å². The molecular weight excluding hydrogens is 468 g/mol. The molecule has 7 N–H and O–H groups in total. The van der Waals surface area contributed by atoms with Crippen LogP contribution in [0.2, 0.25) is 0 Å². The number of rotatable bonds is 9. The highest BCUT2D eigenvalue weighted by atomic mass is 32.2. The highest BCUT2D eigenvalue weighted by Crippen LogP contribution is 2.40. The van der Waals surface area contributed by atoms with Crippen LogP contribution in [0.3, 0.4) is 0 Å². The van der Waals surface area contributed by atoms with E-state index in [2.05, 4.69) is 20.2 Å². The van der Waals surface area contributed by atoms with Crippen LogP contribution in [0.5, 0.6) is 0 Å². The predicted octanol–water partition coefficient (Wildman–Crippen LogP) is -1.73. The largest absolute Gasteiger partial charge is 0.477 e. The van der Waals surface area contributed by atoms with Crippen LogP contribution < -0.4 is 16.8 Å². The zero-order valence-electron chi connectivity index (χ0n) is 16.2. The number of nitrogens with two attached hydrogens (primary N) is 2. The Morgan fingerprint density at radius 2 is 2.16 bits per heavy atom. The lowest BCUT2D eigenvalue weighted by atomic mass is 10.0. The molecule has 3 heterocycles. The third-order valence-corrected chi connectivity index (χ3v) is 6.26. The van der Waals surface area contributed by atoms with Crippen molar-refractivity contribution in [3.05, 3.63) is 22.3 Å². The number of primary amides is 1. The lowest BCUT2D eigenvalue weighted by molar-refractivity contribution is -0.150. The van der Waals surface area contributed by atoms with Crippen molar-refractivity contribution in [2.75, 3.05) is 31.3 Å². The third-order valence-electron chi connectivity index (χ3n) is 4.24. The number of hydrogen-bond acceptors (Lipinski definition) is 12. The van der Waals surface area contributed by atoms with Gasteiger partial charge in [-0.3, -0.25) is 14.5 Å². The Morgan fingerprint density at radius 3 is 2.75 bits per heavy atom. The van der Waals surface area contributed by atoms with E-state index in [1.165, 1.54) is 17.1 Å². The average Bonchev–Trinajstić information content (AvgIpc) is 3.18. The Morgan fingerprint density at radius 1 is 1.41 bits per heavy atom. The molecule has 32 heavy (non-hydrogen) atoms. The van der Waals surface area contributed by atoms with Gasteiger partial charge in [0.15, 0.2) is 10.8 Å². The van der Waals surface area contributed by atoms with Crippen LogP contribution in [0.1, 0.15) is 5.69 Å². The summed E-state index contributed by atoms with van der Waals surface area (Å²) in [5.41, 5.74) is 10.2. The van der Waals surface area contributed by atoms with E-state index in [9.17, 15) is 24.3 Å². The van der Waals surface area contributed by atoms with Crippen molar-refractivity contribution in [2.45, 2.75) is 11.4 Å². The molecule has 0 aromatic carbocycles. The summed E-state index contributed by atoms with van der Waals surface area (Å²) in [7, 11) is 0. The maximum atomic E-state index is 12.8. The Labute approximate surface area is 188 Å². The number of anilines is 1. The molecule has 3 amide bonds. The number of nitrogens with zero attached hydrogens (tertiary/aromatic N) is 3. The number of carbonyl (C=O) groups excluding carboxylic acids is 3. The number of fused-ring (bicyclic) bond motifs is 1. The lowest BCUT2D eigenvalue weighted by Gasteiger charge is -2.49. The van der Waals surface area contributed by atoms with Crippen LogP contribution >= 0.6 is 23.1 Å². The van der Waals surface area contributed by atoms with E-state index >= 15 is 0 Å². The molecule has 1 fully saturated rings. The smallest absolute Gasteiger partial charge is 0.404 e. The Balaban J connectivity index is 1.77. The van der Waals surface area contributed by atoms with E-state index in [0.717, 1.165) is 16.2 Å². The van der Waals surface area contributed by atoms with Crippen molar-refractivity contribution in [3.63, 3.8) is 0 Å². The number of aliphatic hydroxyl groups excluding tert-OH is 1. The number of carbonyl (C=O) groups is 4. The molecule has 3 rings (SSSR count). The van der Waals surface area contributed by atoms with Crippen molar-refractivity contribution in [3.8, 4) is 0 Å². The lowest BCUT2D eigenvalue weighted by Crippen LogP contribution is -2.71. The minimum absolute atomic E-state index is 0.111. The number of carboxylic acids is 1. The zero-order chi connectivity index (χ0) is 23.4. The first-order valence-electron chi connectivity index (χ1n) is 8.89. The SMILES string of the molecule is NC(=O)OCC1=C(C(=O)O)N2C(=O)C(NC(=O)C(=NOCCO)c3csc(N)n3)[C@H]2SC1. The quantitative estimate of drug-likeness (QED) is 0.114. The second-order valence-electron chi connectivity index (χ2n) is 6.29. The van der Waals surface area contributed by atoms with Crippen molar-refractivity contribution >= 4 is 57.8 Å². The molecule has 2 aliphatic heterocycles. The third kappa shape index (κ3) is 4.76. The number of thioether (sulfide) groups is 1. The summed E-state index contributed by atoms with van der Waals surface area (Å²) in [5.74, 6) is -2.71. The van der Waals surface area contributed by atoms with Gasteiger partial charge in [-0.25, -0.2) is 14.6 Å². The fourth-order valence-corrected chi connectivity index (χ4v) is 4.79. The molecule has 1 saturated heterocycles. The fourth-order valence-electron chi connectivity index (χ4n) is 2.91. The van der Waals surface area contributed by atoms with Gasteiger partial charge >= 0.3 is 12.1 Å². The van der Waals surface area contributed by atoms with E-state index in [1.54, 1.807) is 0 Å². The Hall–Kier alpha value is -3.37. The molecule has 172 valence electrons. The van der Waals surface area contributed by atoms with Crippen molar-refractivity contribution in [1.29, 1.82) is 0 Å². The molecule has 1 aromatic heterocycles. The van der Waals surface area contributed by atoms with Gasteiger partial charge in [-0.15, -0.1) is 23.1 Å². The number of aliphatic hydroxyl groups is 1. The number of amides is 3. The summed E-state index contributed by atoms with van der Waals surface area (Å²) in [4.78, 5) is 57.9. The zero-order valence-corrected chi connectivity index (χ0v) is 17.9. The minimum Gasteiger partial charge on any atom is -0.477 e. The van der Waals surface area contributed by atoms with Gasteiger partial charge in [-0.05, 0) is 0 Å². The monoisotopic (exact) mass is 486 g/mol. The molecule has 0 spiro atoms. The fraction of sp³-hybridized carbons (Fsp3) is 0.375. The Kier molecular flexibility index (Phi) is 7.16. The normalized spacial score (nSPS) is 20.3. The van der Waals surface area contributed by atoms with Gasteiger partial charge < -0.3 is 36.6 Å². The van der Waals surface area contributed by atoms with E-state index < -0.39 is 35.3 Å². The molecule has 14 nitrogen and oxygen atoms in total. The molecule has 0 aliphatic carbocycles. The van der Waals surface area contributed by atoms with Crippen molar-refractivity contribution < 1.29 is 39.0 Å². The van der Waals surface area contributed by atoms with Crippen LogP contribution in [0.15, 0.2) is 21.8 Å². The number of nitrogen functional groups attached to an aromatic ring is 1. The first-order chi connectivity index (χ1) is 15.2. The number of hydrogen-bond donors (Lipinski definition) is 5. The molecule has 1 unspecified atom stereocenters. The van der Waals surface area contributed by atoms with Crippen LogP contribution in [0.4, 0.5) is 9.93 Å². The molecule has 1 aromatic rings. The van der Waals surface area contributed by atoms with Crippen molar-refractivity contribution in [1.82, 2.24) is 15.2 Å². The number of carboxylic acid groups (broad SMARTS) is 1. The number of thiazole rings is 1. The van der Waals surface area contributed by atoms with Gasteiger partial charge in [0, 0.05) is 16.7 Å². The van der Waals surface area contributed by atoms with Crippen LogP contribution in [-0.2, 0) is 24.0 Å². The van der Waals surface area contributed by atoms with Crippen LogP contribution in [0.25, 0.3) is 0 Å². The number of aromatic nitrogens is 1.